The Labute approximate surface area is 119 Å². The molecular weight excluding hydrogens is 282 g/mol. The van der Waals surface area contributed by atoms with E-state index in [1.165, 1.54) is 16.6 Å². The lowest BCUT2D eigenvalue weighted by Gasteiger charge is -2.25. The Morgan fingerprint density at radius 1 is 1.47 bits per heavy atom. The molecular formula is C12H21N3O2S2. The largest absolute Gasteiger partial charge is 0.326 e. The second-order valence-corrected chi connectivity index (χ2v) is 7.10. The molecule has 0 aromatic carbocycles. The third-order valence-corrected chi connectivity index (χ3v) is 5.57. The molecule has 1 rings (SSSR count). The summed E-state index contributed by atoms with van der Waals surface area (Å²) in [6.07, 6.45) is 4.26. The summed E-state index contributed by atoms with van der Waals surface area (Å²) in [5.41, 5.74) is 6.29. The second-order valence-electron chi connectivity index (χ2n) is 4.25. The van der Waals surface area contributed by atoms with E-state index >= 15 is 0 Å². The molecule has 0 aliphatic heterocycles. The fourth-order valence-electron chi connectivity index (χ4n) is 1.70. The quantitative estimate of drug-likeness (QED) is 0.821. The van der Waals surface area contributed by atoms with E-state index in [0.717, 1.165) is 17.7 Å². The van der Waals surface area contributed by atoms with Crippen molar-refractivity contribution >= 4 is 21.8 Å². The summed E-state index contributed by atoms with van der Waals surface area (Å²) < 4.78 is 26.3. The van der Waals surface area contributed by atoms with Crippen LogP contribution in [0.1, 0.15) is 18.9 Å². The van der Waals surface area contributed by atoms with Crippen LogP contribution in [0.25, 0.3) is 0 Å². The molecule has 1 atom stereocenters. The summed E-state index contributed by atoms with van der Waals surface area (Å²) in [6.45, 7) is 2.34. The van der Waals surface area contributed by atoms with Crippen LogP contribution in [-0.4, -0.2) is 42.8 Å². The van der Waals surface area contributed by atoms with Gasteiger partial charge in [-0.05, 0) is 24.3 Å². The van der Waals surface area contributed by atoms with Crippen LogP contribution in [-0.2, 0) is 16.6 Å². The Kier molecular flexibility index (Phi) is 6.25. The standard InChI is InChI=1S/C12H21N3O2S2/c1-4-11(9-18-3)15(2)19(16,17)12-6-5-10(7-13)8-14-12/h5-6,8,11H,4,7,9,13H2,1-3H3. The van der Waals surface area contributed by atoms with Gasteiger partial charge in [-0.2, -0.15) is 16.1 Å². The van der Waals surface area contributed by atoms with Crippen LogP contribution < -0.4 is 5.73 Å². The molecule has 0 saturated carbocycles. The van der Waals surface area contributed by atoms with Crippen molar-refractivity contribution in [3.63, 3.8) is 0 Å². The number of sulfonamides is 1. The van der Waals surface area contributed by atoms with E-state index in [2.05, 4.69) is 4.98 Å². The molecule has 2 N–H and O–H groups in total. The van der Waals surface area contributed by atoms with Crippen molar-refractivity contribution < 1.29 is 8.42 Å². The predicted octanol–water partition coefficient (Wildman–Crippen LogP) is 1.30. The van der Waals surface area contributed by atoms with Gasteiger partial charge in [-0.1, -0.05) is 13.0 Å². The molecule has 7 heteroatoms. The molecule has 5 nitrogen and oxygen atoms in total. The summed E-state index contributed by atoms with van der Waals surface area (Å²) in [4.78, 5) is 4.00. The third kappa shape index (κ3) is 3.92. The Bertz CT molecular complexity index is 488. The highest BCUT2D eigenvalue weighted by molar-refractivity contribution is 7.98. The summed E-state index contributed by atoms with van der Waals surface area (Å²) >= 11 is 1.64. The van der Waals surface area contributed by atoms with Gasteiger partial charge in [0.1, 0.15) is 0 Å². The highest BCUT2D eigenvalue weighted by Gasteiger charge is 2.27. The van der Waals surface area contributed by atoms with Gasteiger partial charge in [-0.25, -0.2) is 13.4 Å². The summed E-state index contributed by atoms with van der Waals surface area (Å²) in [5, 5.41) is 0.0757. The van der Waals surface area contributed by atoms with E-state index in [1.54, 1.807) is 24.9 Å². The van der Waals surface area contributed by atoms with Gasteiger partial charge in [-0.3, -0.25) is 0 Å². The molecule has 1 heterocycles. The van der Waals surface area contributed by atoms with Crippen molar-refractivity contribution in [1.82, 2.24) is 9.29 Å². The average molecular weight is 303 g/mol. The van der Waals surface area contributed by atoms with Crippen LogP contribution in [0.3, 0.4) is 0 Å². The first-order valence-corrected chi connectivity index (χ1v) is 8.92. The minimum absolute atomic E-state index is 0.0176. The van der Waals surface area contributed by atoms with Crippen LogP contribution in [0.5, 0.6) is 0 Å². The zero-order valence-electron chi connectivity index (χ0n) is 11.5. The topological polar surface area (TPSA) is 76.3 Å². The number of hydrogen-bond acceptors (Lipinski definition) is 5. The first-order valence-electron chi connectivity index (χ1n) is 6.09. The Hall–Kier alpha value is -0.630. The summed E-state index contributed by atoms with van der Waals surface area (Å²) in [6, 6.07) is 3.19. The molecule has 0 spiro atoms. The van der Waals surface area contributed by atoms with Gasteiger partial charge >= 0.3 is 0 Å². The maximum atomic E-state index is 12.4. The number of rotatable bonds is 7. The molecule has 0 saturated heterocycles. The third-order valence-electron chi connectivity index (χ3n) is 3.02. The molecule has 108 valence electrons. The van der Waals surface area contributed by atoms with Crippen molar-refractivity contribution in [3.8, 4) is 0 Å². The highest BCUT2D eigenvalue weighted by atomic mass is 32.2. The average Bonchev–Trinajstić information content (AvgIpc) is 2.44. The van der Waals surface area contributed by atoms with Crippen molar-refractivity contribution in [3.05, 3.63) is 23.9 Å². The van der Waals surface area contributed by atoms with Crippen molar-refractivity contribution in [2.24, 2.45) is 5.73 Å². The zero-order valence-corrected chi connectivity index (χ0v) is 13.2. The summed E-state index contributed by atoms with van der Waals surface area (Å²) in [5.74, 6) is 0.771. The number of nitrogens with two attached hydrogens (primary N) is 1. The highest BCUT2D eigenvalue weighted by Crippen LogP contribution is 2.18. The fourth-order valence-corrected chi connectivity index (χ4v) is 3.98. The first-order chi connectivity index (χ1) is 8.97. The van der Waals surface area contributed by atoms with E-state index in [0.29, 0.717) is 6.54 Å². The van der Waals surface area contributed by atoms with Gasteiger partial charge in [0.2, 0.25) is 0 Å². The molecule has 1 aromatic rings. The van der Waals surface area contributed by atoms with Crippen molar-refractivity contribution in [2.75, 3.05) is 19.1 Å². The van der Waals surface area contributed by atoms with Crippen LogP contribution in [0, 0.1) is 0 Å². The molecule has 0 fully saturated rings. The Morgan fingerprint density at radius 3 is 2.58 bits per heavy atom. The molecule has 1 unspecified atom stereocenters. The lowest BCUT2D eigenvalue weighted by Crippen LogP contribution is -2.38. The van der Waals surface area contributed by atoms with E-state index in [4.69, 9.17) is 5.73 Å². The monoisotopic (exact) mass is 303 g/mol. The predicted molar refractivity (Wildman–Crippen MR) is 79.5 cm³/mol. The zero-order chi connectivity index (χ0) is 14.5. The Morgan fingerprint density at radius 2 is 2.16 bits per heavy atom. The van der Waals surface area contributed by atoms with Crippen LogP contribution in [0.4, 0.5) is 0 Å². The van der Waals surface area contributed by atoms with E-state index in [9.17, 15) is 8.42 Å². The minimum Gasteiger partial charge on any atom is -0.326 e. The number of aromatic nitrogens is 1. The van der Waals surface area contributed by atoms with E-state index < -0.39 is 10.0 Å². The lowest BCUT2D eigenvalue weighted by molar-refractivity contribution is 0.384. The molecule has 19 heavy (non-hydrogen) atoms. The van der Waals surface area contributed by atoms with Gasteiger partial charge in [0.05, 0.1) is 0 Å². The van der Waals surface area contributed by atoms with Crippen molar-refractivity contribution in [1.29, 1.82) is 0 Å². The first kappa shape index (κ1) is 16.4. The van der Waals surface area contributed by atoms with Gasteiger partial charge in [0.25, 0.3) is 10.0 Å². The molecule has 1 aromatic heterocycles. The van der Waals surface area contributed by atoms with Gasteiger partial charge in [-0.15, -0.1) is 0 Å². The van der Waals surface area contributed by atoms with Gasteiger partial charge < -0.3 is 5.73 Å². The lowest BCUT2D eigenvalue weighted by atomic mass is 10.3. The molecule has 0 aliphatic carbocycles. The normalized spacial score (nSPS) is 13.7. The molecule has 0 aliphatic rings. The number of thioether (sulfide) groups is 1. The van der Waals surface area contributed by atoms with Gasteiger partial charge in [0.15, 0.2) is 5.03 Å². The van der Waals surface area contributed by atoms with Gasteiger partial charge in [0, 0.05) is 31.6 Å². The smallest absolute Gasteiger partial charge is 0.260 e. The minimum atomic E-state index is -3.53. The SMILES string of the molecule is CCC(CSC)N(C)S(=O)(=O)c1ccc(CN)cn1. The number of pyridine rings is 1. The van der Waals surface area contributed by atoms with Crippen LogP contribution in [0.2, 0.25) is 0 Å². The number of nitrogens with zero attached hydrogens (tertiary/aromatic N) is 2. The molecule has 0 amide bonds. The van der Waals surface area contributed by atoms with Crippen molar-refractivity contribution in [2.45, 2.75) is 31.0 Å². The Balaban J connectivity index is 3.00. The van der Waals surface area contributed by atoms with E-state index in [-0.39, 0.29) is 11.1 Å². The maximum absolute atomic E-state index is 12.4. The van der Waals surface area contributed by atoms with Crippen LogP contribution in [0.15, 0.2) is 23.4 Å². The molecule has 0 bridgehead atoms. The van der Waals surface area contributed by atoms with E-state index in [1.807, 2.05) is 13.2 Å². The fraction of sp³-hybridized carbons (Fsp3) is 0.583. The molecule has 0 radical (unpaired) electrons. The maximum Gasteiger partial charge on any atom is 0.260 e. The van der Waals surface area contributed by atoms with Crippen LogP contribution >= 0.6 is 11.8 Å². The number of hydrogen-bond donors (Lipinski definition) is 1. The summed E-state index contributed by atoms with van der Waals surface area (Å²) in [7, 11) is -1.92. The second kappa shape index (κ2) is 7.23.